The van der Waals surface area contributed by atoms with Crippen LogP contribution >= 0.6 is 0 Å². The molecule has 352 valence electrons. The second kappa shape index (κ2) is 25.6. The number of hydrogen-bond acceptors (Lipinski definition) is 14. The average Bonchev–Trinajstić information content (AvgIpc) is 3.22. The van der Waals surface area contributed by atoms with Gasteiger partial charge in [0, 0.05) is 56.7 Å². The number of amides is 1. The summed E-state index contributed by atoms with van der Waals surface area (Å²) in [5.74, 6) is -3.34. The number of allylic oxidation sites excluding steroid dienone is 6. The van der Waals surface area contributed by atoms with Crippen molar-refractivity contribution in [3.63, 3.8) is 0 Å². The van der Waals surface area contributed by atoms with Crippen molar-refractivity contribution in [2.24, 2.45) is 41.2 Å². The number of aliphatic hydroxyl groups is 6. The van der Waals surface area contributed by atoms with Crippen molar-refractivity contribution in [2.45, 2.75) is 162 Å². The van der Waals surface area contributed by atoms with Crippen LogP contribution in [0, 0.1) is 35.5 Å². The summed E-state index contributed by atoms with van der Waals surface area (Å²) in [7, 11) is 4.48. The molecule has 61 heavy (non-hydrogen) atoms. The highest BCUT2D eigenvalue weighted by Crippen LogP contribution is 2.44. The molecular formula is C46H79NO14. The Morgan fingerprint density at radius 3 is 2.15 bits per heavy atom. The van der Waals surface area contributed by atoms with Crippen molar-refractivity contribution in [1.29, 1.82) is 0 Å². The van der Waals surface area contributed by atoms with Crippen LogP contribution in [0.5, 0.6) is 0 Å². The summed E-state index contributed by atoms with van der Waals surface area (Å²) < 4.78 is 41.1. The van der Waals surface area contributed by atoms with E-state index in [1.807, 2.05) is 72.8 Å². The van der Waals surface area contributed by atoms with Gasteiger partial charge in [-0.05, 0) is 46.1 Å². The SMILES string of the molecule is C/C=C/[C@H]1O[C@@](OC)([C@@H](C)[C@H](O)[C@H](C)[C@@H](O)[C@H](/C=C/C=C(\C)C[C@@H](C)[C@H](O)[C@H](C)[C@H](O)[C@H](C)/C=C(C)/C=C(/CO)OC)OC)C[C@@H](O[C@H]2C[C@@H](O)[C@H](OC(N)=O)[C@@H](C)O2)[C@@H]1C. The van der Waals surface area contributed by atoms with Gasteiger partial charge in [0.05, 0.1) is 55.9 Å². The highest BCUT2D eigenvalue weighted by molar-refractivity contribution is 5.64. The van der Waals surface area contributed by atoms with E-state index in [4.69, 9.17) is 38.9 Å². The zero-order valence-corrected chi connectivity index (χ0v) is 38.7. The van der Waals surface area contributed by atoms with Crippen molar-refractivity contribution < 1.29 is 68.6 Å². The second-order valence-corrected chi connectivity index (χ2v) is 17.3. The maximum absolute atomic E-state index is 11.8. The van der Waals surface area contributed by atoms with Gasteiger partial charge in [0.25, 0.3) is 0 Å². The third-order valence-electron chi connectivity index (χ3n) is 12.6. The molecule has 0 aromatic heterocycles. The van der Waals surface area contributed by atoms with Crippen LogP contribution in [0.2, 0.25) is 0 Å². The molecule has 15 nitrogen and oxygen atoms in total. The molecule has 15 heteroatoms. The van der Waals surface area contributed by atoms with Crippen molar-refractivity contribution in [1.82, 2.24) is 0 Å². The minimum absolute atomic E-state index is 0.0348. The summed E-state index contributed by atoms with van der Waals surface area (Å²) in [5, 5.41) is 65.8. The Hall–Kier alpha value is -2.67. The van der Waals surface area contributed by atoms with E-state index < -0.39 is 97.0 Å². The third kappa shape index (κ3) is 15.2. The molecule has 0 bridgehead atoms. The van der Waals surface area contributed by atoms with Crippen LogP contribution in [0.25, 0.3) is 0 Å². The number of primary amides is 1. The van der Waals surface area contributed by atoms with E-state index in [-0.39, 0.29) is 37.2 Å². The van der Waals surface area contributed by atoms with Gasteiger partial charge in [-0.25, -0.2) is 4.79 Å². The first-order valence-corrected chi connectivity index (χ1v) is 21.5. The molecule has 2 heterocycles. The van der Waals surface area contributed by atoms with Crippen LogP contribution in [-0.2, 0) is 33.2 Å². The number of hydrogen-bond donors (Lipinski definition) is 7. The zero-order chi connectivity index (χ0) is 46.4. The fourth-order valence-electron chi connectivity index (χ4n) is 8.62. The van der Waals surface area contributed by atoms with Gasteiger partial charge in [0.15, 0.2) is 18.2 Å². The average molecular weight is 870 g/mol. The van der Waals surface area contributed by atoms with Crippen LogP contribution in [0.4, 0.5) is 4.79 Å². The molecule has 0 saturated carbocycles. The standard InChI is InChI=1S/C46H79NO14/c1-14-16-36-29(6)38(59-39-22-35(49)44(33(10)58-39)60-45(47)54)23-46(57-13,61-36)32(9)42(52)31(8)43(53)37(56-12)18-15-17-25(2)19-27(4)40(50)30(7)41(51)28(5)20-26(3)21-34(24-48)55-11/h14-18,20-21,27-33,35-44,48-53H,19,22-24H2,1-13H3,(H2,47,54)/b16-14+,18-15+,25-17+,26-20+,34-21-/t27-,28-,29-,30+,31+,32+,33-,35-,36-,37+,38-,39+,40+,41-,42-,43-,44-,46-/m1/s1. The number of rotatable bonds is 23. The predicted molar refractivity (Wildman–Crippen MR) is 232 cm³/mol. The maximum Gasteiger partial charge on any atom is 0.404 e. The lowest BCUT2D eigenvalue weighted by Gasteiger charge is -2.51. The zero-order valence-electron chi connectivity index (χ0n) is 38.7. The molecule has 0 spiro atoms. The second-order valence-electron chi connectivity index (χ2n) is 17.3. The monoisotopic (exact) mass is 870 g/mol. The van der Waals surface area contributed by atoms with E-state index in [1.54, 1.807) is 39.0 Å². The summed E-state index contributed by atoms with van der Waals surface area (Å²) >= 11 is 0. The molecule has 8 N–H and O–H groups in total. The summed E-state index contributed by atoms with van der Waals surface area (Å²) in [6.07, 6.45) is 3.43. The Balaban J connectivity index is 2.15. The largest absolute Gasteiger partial charge is 0.499 e. The predicted octanol–water partition coefficient (Wildman–Crippen LogP) is 4.68. The molecule has 2 saturated heterocycles. The maximum atomic E-state index is 11.8. The van der Waals surface area contributed by atoms with Crippen molar-refractivity contribution in [3.8, 4) is 0 Å². The number of ether oxygens (including phenoxy) is 7. The molecule has 2 aliphatic heterocycles. The van der Waals surface area contributed by atoms with Crippen LogP contribution in [-0.4, -0.2) is 138 Å². The highest BCUT2D eigenvalue weighted by atomic mass is 16.7. The normalized spacial score (nSPS) is 32.1. The lowest BCUT2D eigenvalue weighted by atomic mass is 9.77. The van der Waals surface area contributed by atoms with Gasteiger partial charge in [-0.1, -0.05) is 89.1 Å². The molecule has 0 aromatic carbocycles. The Labute approximate surface area is 364 Å². The van der Waals surface area contributed by atoms with E-state index in [2.05, 4.69) is 0 Å². The van der Waals surface area contributed by atoms with Crippen LogP contribution in [0.3, 0.4) is 0 Å². The number of carbonyl (C=O) groups excluding carboxylic acids is 1. The Morgan fingerprint density at radius 1 is 0.967 bits per heavy atom. The lowest BCUT2D eigenvalue weighted by molar-refractivity contribution is -0.346. The molecule has 0 unspecified atom stereocenters. The number of carbonyl (C=O) groups is 1. The summed E-state index contributed by atoms with van der Waals surface area (Å²) in [4.78, 5) is 11.4. The summed E-state index contributed by atoms with van der Waals surface area (Å²) in [5.41, 5.74) is 7.00. The van der Waals surface area contributed by atoms with E-state index in [0.717, 1.165) is 11.1 Å². The van der Waals surface area contributed by atoms with Crippen LogP contribution in [0.1, 0.15) is 88.5 Å². The van der Waals surface area contributed by atoms with Gasteiger partial charge in [-0.2, -0.15) is 0 Å². The molecule has 2 rings (SSSR count). The summed E-state index contributed by atoms with van der Waals surface area (Å²) in [6, 6.07) is 0. The number of nitrogens with two attached hydrogens (primary N) is 1. The van der Waals surface area contributed by atoms with E-state index in [9.17, 15) is 35.4 Å². The Bertz CT molecular complexity index is 1470. The fraction of sp³-hybridized carbons (Fsp3) is 0.761. The number of aliphatic hydroxyl groups excluding tert-OH is 6. The van der Waals surface area contributed by atoms with Crippen molar-refractivity contribution in [3.05, 3.63) is 59.4 Å². The topological polar surface area (TPSA) is 229 Å². The van der Waals surface area contributed by atoms with Gasteiger partial charge >= 0.3 is 6.09 Å². The smallest absolute Gasteiger partial charge is 0.404 e. The van der Waals surface area contributed by atoms with Gasteiger partial charge in [0.1, 0.15) is 18.5 Å². The Kier molecular flexibility index (Phi) is 22.8. The van der Waals surface area contributed by atoms with Crippen molar-refractivity contribution >= 4 is 6.09 Å². The molecular weight excluding hydrogens is 790 g/mol. The first-order valence-electron chi connectivity index (χ1n) is 21.5. The minimum Gasteiger partial charge on any atom is -0.499 e. The fourth-order valence-corrected chi connectivity index (χ4v) is 8.62. The van der Waals surface area contributed by atoms with Gasteiger partial charge in [-0.3, -0.25) is 0 Å². The quantitative estimate of drug-likeness (QED) is 0.0421. The summed E-state index contributed by atoms with van der Waals surface area (Å²) in [6.45, 7) is 18.3. The molecule has 1 amide bonds. The molecule has 18 atom stereocenters. The van der Waals surface area contributed by atoms with Gasteiger partial charge < -0.3 is 69.5 Å². The number of methoxy groups -OCH3 is 3. The van der Waals surface area contributed by atoms with Crippen LogP contribution < -0.4 is 5.73 Å². The molecule has 0 radical (unpaired) electrons. The van der Waals surface area contributed by atoms with Gasteiger partial charge in [0.2, 0.25) is 0 Å². The first-order chi connectivity index (χ1) is 28.6. The first kappa shape index (κ1) is 54.5. The van der Waals surface area contributed by atoms with Gasteiger partial charge in [-0.15, -0.1) is 0 Å². The van der Waals surface area contributed by atoms with Crippen LogP contribution in [0.15, 0.2) is 59.4 Å². The van der Waals surface area contributed by atoms with E-state index in [0.29, 0.717) is 12.2 Å². The third-order valence-corrected chi connectivity index (χ3v) is 12.6. The molecule has 0 aliphatic carbocycles. The van der Waals surface area contributed by atoms with E-state index in [1.165, 1.54) is 21.3 Å². The lowest BCUT2D eigenvalue weighted by Crippen LogP contribution is -2.60. The molecule has 2 aliphatic rings. The van der Waals surface area contributed by atoms with E-state index >= 15 is 0 Å². The molecule has 2 fully saturated rings. The highest BCUT2D eigenvalue weighted by Gasteiger charge is 2.53. The molecule has 0 aromatic rings. The van der Waals surface area contributed by atoms with Crippen molar-refractivity contribution in [2.75, 3.05) is 27.9 Å². The Morgan fingerprint density at radius 2 is 1.61 bits per heavy atom. The minimum atomic E-state index is -1.35.